The molecular weight excluding hydrogens is 267 g/mol. The van der Waals surface area contributed by atoms with Gasteiger partial charge in [0.15, 0.2) is 5.78 Å². The maximum Gasteiger partial charge on any atom is 0.167 e. The molecule has 0 atom stereocenters. The van der Waals surface area contributed by atoms with E-state index in [1.54, 1.807) is 24.3 Å². The van der Waals surface area contributed by atoms with Crippen LogP contribution in [-0.2, 0) is 6.42 Å². The van der Waals surface area contributed by atoms with E-state index < -0.39 is 0 Å². The highest BCUT2D eigenvalue weighted by molar-refractivity contribution is 6.31. The summed E-state index contributed by atoms with van der Waals surface area (Å²) in [5.41, 5.74) is 2.56. The van der Waals surface area contributed by atoms with Gasteiger partial charge in [-0.1, -0.05) is 35.3 Å². The Balaban J connectivity index is 2.16. The number of hydrogen-bond donors (Lipinski definition) is 0. The van der Waals surface area contributed by atoms with E-state index in [1.807, 2.05) is 25.1 Å². The molecule has 2 aromatic carbocycles. The van der Waals surface area contributed by atoms with Gasteiger partial charge in [-0.2, -0.15) is 0 Å². The summed E-state index contributed by atoms with van der Waals surface area (Å²) >= 11 is 11.7. The average molecular weight is 279 g/mol. The summed E-state index contributed by atoms with van der Waals surface area (Å²) in [6.45, 7) is 1.89. The first-order valence-corrected chi connectivity index (χ1v) is 6.35. The van der Waals surface area contributed by atoms with Crippen LogP contribution in [0.1, 0.15) is 21.5 Å². The standard InChI is InChI=1S/C15H12Cl2O/c1-10-8-12(4-7-14(10)17)15(18)9-11-2-5-13(16)6-3-11/h2-8H,9H2,1H3. The van der Waals surface area contributed by atoms with Crippen LogP contribution < -0.4 is 0 Å². The Morgan fingerprint density at radius 1 is 1.06 bits per heavy atom. The molecule has 0 amide bonds. The number of aryl methyl sites for hydroxylation is 1. The Morgan fingerprint density at radius 3 is 2.33 bits per heavy atom. The van der Waals surface area contributed by atoms with E-state index in [4.69, 9.17) is 23.2 Å². The van der Waals surface area contributed by atoms with Crippen molar-refractivity contribution in [3.8, 4) is 0 Å². The molecule has 0 aliphatic carbocycles. The average Bonchev–Trinajstić information content (AvgIpc) is 2.35. The van der Waals surface area contributed by atoms with Gasteiger partial charge in [0.1, 0.15) is 0 Å². The van der Waals surface area contributed by atoms with Crippen molar-refractivity contribution < 1.29 is 4.79 Å². The smallest absolute Gasteiger partial charge is 0.167 e. The fraction of sp³-hybridized carbons (Fsp3) is 0.133. The first kappa shape index (κ1) is 13.1. The van der Waals surface area contributed by atoms with Gasteiger partial charge < -0.3 is 0 Å². The molecular formula is C15H12Cl2O. The maximum atomic E-state index is 12.1. The number of carbonyl (C=O) groups is 1. The molecule has 2 rings (SSSR count). The molecule has 0 saturated heterocycles. The molecule has 0 radical (unpaired) electrons. The highest BCUT2D eigenvalue weighted by Crippen LogP contribution is 2.18. The van der Waals surface area contributed by atoms with Crippen molar-refractivity contribution in [2.45, 2.75) is 13.3 Å². The van der Waals surface area contributed by atoms with Gasteiger partial charge in [0.25, 0.3) is 0 Å². The highest BCUT2D eigenvalue weighted by atomic mass is 35.5. The number of ketones is 1. The Labute approximate surface area is 116 Å². The molecule has 92 valence electrons. The molecule has 3 heteroatoms. The van der Waals surface area contributed by atoms with Gasteiger partial charge in [0, 0.05) is 22.0 Å². The maximum absolute atomic E-state index is 12.1. The normalized spacial score (nSPS) is 10.4. The van der Waals surface area contributed by atoms with Gasteiger partial charge in [-0.15, -0.1) is 0 Å². The summed E-state index contributed by atoms with van der Waals surface area (Å²) in [4.78, 5) is 12.1. The van der Waals surface area contributed by atoms with Crippen molar-refractivity contribution >= 4 is 29.0 Å². The first-order valence-electron chi connectivity index (χ1n) is 5.60. The fourth-order valence-electron chi connectivity index (χ4n) is 1.71. The van der Waals surface area contributed by atoms with Gasteiger partial charge in [-0.05, 0) is 48.4 Å². The number of hydrogen-bond acceptors (Lipinski definition) is 1. The monoisotopic (exact) mass is 278 g/mol. The zero-order valence-electron chi connectivity index (χ0n) is 9.91. The minimum Gasteiger partial charge on any atom is -0.294 e. The molecule has 0 aliphatic heterocycles. The lowest BCUT2D eigenvalue weighted by Gasteiger charge is -2.04. The Morgan fingerprint density at radius 2 is 1.72 bits per heavy atom. The number of Topliss-reactive ketones (excluding diaryl/α,β-unsaturated/α-hetero) is 1. The molecule has 0 aromatic heterocycles. The lowest BCUT2D eigenvalue weighted by atomic mass is 10.0. The predicted molar refractivity (Wildman–Crippen MR) is 75.7 cm³/mol. The van der Waals surface area contributed by atoms with Gasteiger partial charge in [-0.3, -0.25) is 4.79 Å². The van der Waals surface area contributed by atoms with Crippen molar-refractivity contribution in [3.05, 3.63) is 69.2 Å². The second-order valence-corrected chi connectivity index (χ2v) is 5.03. The quantitative estimate of drug-likeness (QED) is 0.742. The van der Waals surface area contributed by atoms with Gasteiger partial charge in [-0.25, -0.2) is 0 Å². The summed E-state index contributed by atoms with van der Waals surface area (Å²) in [7, 11) is 0. The SMILES string of the molecule is Cc1cc(C(=O)Cc2ccc(Cl)cc2)ccc1Cl. The lowest BCUT2D eigenvalue weighted by molar-refractivity contribution is 0.0993. The Bertz CT molecular complexity index is 574. The lowest BCUT2D eigenvalue weighted by Crippen LogP contribution is -2.03. The van der Waals surface area contributed by atoms with E-state index in [9.17, 15) is 4.79 Å². The molecule has 0 spiro atoms. The van der Waals surface area contributed by atoms with Crippen LogP contribution >= 0.6 is 23.2 Å². The molecule has 0 aliphatic rings. The summed E-state index contributed by atoms with van der Waals surface area (Å²) in [6, 6.07) is 12.6. The van der Waals surface area contributed by atoms with Crippen LogP contribution in [0.2, 0.25) is 10.0 Å². The number of rotatable bonds is 3. The molecule has 0 N–H and O–H groups in total. The number of halogens is 2. The zero-order valence-corrected chi connectivity index (χ0v) is 11.4. The summed E-state index contributed by atoms with van der Waals surface area (Å²) in [5.74, 6) is 0.0806. The third kappa shape index (κ3) is 3.12. The second kappa shape index (κ2) is 5.55. The van der Waals surface area contributed by atoms with Crippen LogP contribution in [0.4, 0.5) is 0 Å². The molecule has 0 bridgehead atoms. The highest BCUT2D eigenvalue weighted by Gasteiger charge is 2.08. The van der Waals surface area contributed by atoms with E-state index in [0.29, 0.717) is 22.0 Å². The molecule has 0 saturated carbocycles. The summed E-state index contributed by atoms with van der Waals surface area (Å²) in [5, 5.41) is 1.35. The van der Waals surface area contributed by atoms with E-state index in [-0.39, 0.29) is 5.78 Å². The minimum atomic E-state index is 0.0806. The summed E-state index contributed by atoms with van der Waals surface area (Å²) in [6.07, 6.45) is 0.373. The fourth-order valence-corrected chi connectivity index (χ4v) is 1.95. The third-order valence-electron chi connectivity index (χ3n) is 2.76. The van der Waals surface area contributed by atoms with Gasteiger partial charge in [0.05, 0.1) is 0 Å². The molecule has 2 aromatic rings. The second-order valence-electron chi connectivity index (χ2n) is 4.19. The van der Waals surface area contributed by atoms with Crippen molar-refractivity contribution in [1.29, 1.82) is 0 Å². The summed E-state index contributed by atoms with van der Waals surface area (Å²) < 4.78 is 0. The molecule has 0 unspecified atom stereocenters. The van der Waals surface area contributed by atoms with E-state index in [1.165, 1.54) is 0 Å². The van der Waals surface area contributed by atoms with Crippen molar-refractivity contribution in [2.75, 3.05) is 0 Å². The number of carbonyl (C=O) groups excluding carboxylic acids is 1. The first-order chi connectivity index (χ1) is 8.56. The Hall–Kier alpha value is -1.31. The van der Waals surface area contributed by atoms with Crippen LogP contribution in [0.15, 0.2) is 42.5 Å². The van der Waals surface area contributed by atoms with Crippen LogP contribution in [0.5, 0.6) is 0 Å². The van der Waals surface area contributed by atoms with Crippen LogP contribution in [0, 0.1) is 6.92 Å². The molecule has 0 fully saturated rings. The van der Waals surface area contributed by atoms with E-state index >= 15 is 0 Å². The Kier molecular flexibility index (Phi) is 4.05. The number of benzene rings is 2. The van der Waals surface area contributed by atoms with Crippen LogP contribution in [0.3, 0.4) is 0 Å². The molecule has 1 nitrogen and oxygen atoms in total. The van der Waals surface area contributed by atoms with Crippen LogP contribution in [-0.4, -0.2) is 5.78 Å². The van der Waals surface area contributed by atoms with Gasteiger partial charge in [0.2, 0.25) is 0 Å². The largest absolute Gasteiger partial charge is 0.294 e. The third-order valence-corrected chi connectivity index (χ3v) is 3.43. The molecule has 0 heterocycles. The van der Waals surface area contributed by atoms with Crippen molar-refractivity contribution in [2.24, 2.45) is 0 Å². The van der Waals surface area contributed by atoms with Crippen molar-refractivity contribution in [1.82, 2.24) is 0 Å². The zero-order chi connectivity index (χ0) is 13.1. The van der Waals surface area contributed by atoms with E-state index in [0.717, 1.165) is 11.1 Å². The minimum absolute atomic E-state index is 0.0806. The van der Waals surface area contributed by atoms with Crippen LogP contribution in [0.25, 0.3) is 0 Å². The van der Waals surface area contributed by atoms with Gasteiger partial charge >= 0.3 is 0 Å². The topological polar surface area (TPSA) is 17.1 Å². The van der Waals surface area contributed by atoms with Crippen molar-refractivity contribution in [3.63, 3.8) is 0 Å². The predicted octanol–water partition coefficient (Wildman–Crippen LogP) is 4.73. The van der Waals surface area contributed by atoms with E-state index in [2.05, 4.69) is 0 Å². The molecule has 18 heavy (non-hydrogen) atoms.